The lowest BCUT2D eigenvalue weighted by Gasteiger charge is -2.27. The summed E-state index contributed by atoms with van der Waals surface area (Å²) in [5, 5.41) is 2.15. The van der Waals surface area contributed by atoms with E-state index in [1.807, 2.05) is 56.6 Å². The molecule has 0 fully saturated rings. The fraction of sp³-hybridized carbons (Fsp3) is 0.378. The molecule has 340 valence electrons. The van der Waals surface area contributed by atoms with Crippen molar-refractivity contribution in [3.8, 4) is 5.75 Å². The quantitative estimate of drug-likeness (QED) is 0.0452. The summed E-state index contributed by atoms with van der Waals surface area (Å²) >= 11 is 0. The van der Waals surface area contributed by atoms with Gasteiger partial charge in [-0.25, -0.2) is 4.39 Å². The molecule has 0 spiro atoms. The number of allylic oxidation sites excluding steroid dienone is 7. The molecule has 14 nitrogen and oxygen atoms in total. The Balaban J connectivity index is 1.46. The van der Waals surface area contributed by atoms with E-state index < -0.39 is 46.9 Å². The van der Waals surface area contributed by atoms with E-state index >= 15 is 0 Å². The fourth-order valence-corrected chi connectivity index (χ4v) is 10.2. The minimum atomic E-state index is -4.54. The van der Waals surface area contributed by atoms with Crippen molar-refractivity contribution < 1.29 is 57.4 Å². The van der Waals surface area contributed by atoms with Crippen LogP contribution in [0.15, 0.2) is 117 Å². The van der Waals surface area contributed by atoms with Crippen LogP contribution in [0.2, 0.25) is 0 Å². The molecule has 0 unspecified atom stereocenters. The summed E-state index contributed by atoms with van der Waals surface area (Å²) in [7, 11) is -7.93. The number of benzene rings is 3. The molecule has 2 aliphatic heterocycles. The zero-order valence-electron chi connectivity index (χ0n) is 36.0. The summed E-state index contributed by atoms with van der Waals surface area (Å²) in [5.74, 6) is -0.289. The number of rotatable bonds is 17. The van der Waals surface area contributed by atoms with Gasteiger partial charge in [0.1, 0.15) is 23.9 Å². The number of fused-ring (bicyclic) bond motifs is 2. The number of amides is 1. The van der Waals surface area contributed by atoms with Crippen LogP contribution in [0.3, 0.4) is 0 Å². The third kappa shape index (κ3) is 10.9. The highest BCUT2D eigenvalue weighted by molar-refractivity contribution is 7.86. The first-order valence-electron chi connectivity index (χ1n) is 20.8. The Morgan fingerprint density at radius 1 is 0.828 bits per heavy atom. The highest BCUT2D eigenvalue weighted by atomic mass is 32.2. The molecule has 2 heterocycles. The van der Waals surface area contributed by atoms with Crippen molar-refractivity contribution in [3.05, 3.63) is 125 Å². The Morgan fingerprint density at radius 2 is 1.52 bits per heavy atom. The average molecular weight is 937 g/mol. The van der Waals surface area contributed by atoms with E-state index in [1.54, 1.807) is 12.1 Å². The van der Waals surface area contributed by atoms with Gasteiger partial charge in [-0.05, 0) is 136 Å². The Bertz CT molecular complexity index is 2830. The van der Waals surface area contributed by atoms with Crippen molar-refractivity contribution in [1.29, 1.82) is 0 Å². The standard InChI is InChI=1S/C45H51BFN3O11S3/c1-44(2)36-28-32(47)15-21-38(36)49(25-6-5-12-42(51)48-46)40(44)23-13-30-10-9-11-31(43(30)61-33-16-18-34(19-17-33)63(55,56)57)14-24-41-45(3,4)37-29-35(64(58,59)60)20-22-39(37)50(41)26-7-8-27-62(52,53)54/h13-24,28-29H,5-12,25-27H2,1-4H3,(H3-,48,51,52,53,54,55,56,57,58,59,60)/p+1. The van der Waals surface area contributed by atoms with Gasteiger partial charge in [-0.1, -0.05) is 19.9 Å². The number of anilines is 1. The van der Waals surface area contributed by atoms with Crippen molar-refractivity contribution in [2.24, 2.45) is 0 Å². The summed E-state index contributed by atoms with van der Waals surface area (Å²) in [5.41, 5.74) is 4.68. The number of halogens is 1. The molecule has 1 aliphatic carbocycles. The number of ether oxygens (including phenoxy) is 1. The zero-order valence-corrected chi connectivity index (χ0v) is 38.5. The fourth-order valence-electron chi connectivity index (χ4n) is 8.63. The predicted octanol–water partition coefficient (Wildman–Crippen LogP) is 7.41. The molecule has 6 rings (SSSR count). The number of nitrogens with one attached hydrogen (secondary N) is 1. The number of carbonyl (C=O) groups is 1. The van der Waals surface area contributed by atoms with Crippen molar-refractivity contribution in [2.45, 2.75) is 99.7 Å². The summed E-state index contributed by atoms with van der Waals surface area (Å²) < 4.78 is 123. The molecule has 19 heteroatoms. The first-order valence-corrected chi connectivity index (χ1v) is 25.3. The monoisotopic (exact) mass is 936 g/mol. The van der Waals surface area contributed by atoms with Crippen LogP contribution in [0.25, 0.3) is 0 Å². The van der Waals surface area contributed by atoms with E-state index in [9.17, 15) is 48.1 Å². The first-order chi connectivity index (χ1) is 29.9. The first kappa shape index (κ1) is 48.5. The van der Waals surface area contributed by atoms with Gasteiger partial charge in [-0.3, -0.25) is 18.5 Å². The van der Waals surface area contributed by atoms with Crippen LogP contribution in [-0.4, -0.2) is 81.9 Å². The lowest BCUT2D eigenvalue weighted by atomic mass is 9.81. The molecule has 1 amide bonds. The molecular weight excluding hydrogens is 885 g/mol. The summed E-state index contributed by atoms with van der Waals surface area (Å²) in [4.78, 5) is 13.4. The summed E-state index contributed by atoms with van der Waals surface area (Å²) in [6, 6.07) is 14.4. The second-order valence-corrected chi connectivity index (χ2v) is 21.5. The van der Waals surface area contributed by atoms with Gasteiger partial charge >= 0.3 is 0 Å². The van der Waals surface area contributed by atoms with Gasteiger partial charge < -0.3 is 14.9 Å². The normalized spacial score (nSPS) is 18.6. The molecule has 2 radical (unpaired) electrons. The van der Waals surface area contributed by atoms with Crippen LogP contribution in [0.4, 0.5) is 15.8 Å². The van der Waals surface area contributed by atoms with Crippen molar-refractivity contribution in [2.75, 3.05) is 23.7 Å². The molecule has 0 saturated heterocycles. The topological polar surface area (TPSA) is 208 Å². The largest absolute Gasteiger partial charge is 0.457 e. The number of carbonyl (C=O) groups excluding carboxylic acids is 1. The van der Waals surface area contributed by atoms with Crippen LogP contribution in [0, 0.1) is 5.82 Å². The number of hydrogen-bond acceptors (Lipinski definition) is 9. The lowest BCUT2D eigenvalue weighted by Crippen LogP contribution is -2.28. The molecule has 0 saturated carbocycles. The van der Waals surface area contributed by atoms with E-state index in [-0.39, 0.29) is 34.4 Å². The van der Waals surface area contributed by atoms with E-state index in [1.165, 1.54) is 48.5 Å². The summed E-state index contributed by atoms with van der Waals surface area (Å²) in [6.45, 7) is 8.70. The van der Waals surface area contributed by atoms with Crippen LogP contribution in [-0.2, 0) is 46.0 Å². The van der Waals surface area contributed by atoms with Crippen molar-refractivity contribution >= 4 is 61.3 Å². The van der Waals surface area contributed by atoms with Gasteiger partial charge in [0.05, 0.1) is 21.0 Å². The van der Waals surface area contributed by atoms with Gasteiger partial charge in [0.2, 0.25) is 19.6 Å². The predicted molar refractivity (Wildman–Crippen MR) is 242 cm³/mol. The second-order valence-electron chi connectivity index (χ2n) is 17.1. The molecule has 3 aromatic carbocycles. The Kier molecular flexibility index (Phi) is 14.3. The molecule has 4 N–H and O–H groups in total. The minimum Gasteiger partial charge on any atom is -0.457 e. The third-order valence-corrected chi connectivity index (χ3v) is 14.5. The molecule has 0 atom stereocenters. The number of unbranched alkanes of at least 4 members (excludes halogenated alkanes) is 2. The van der Waals surface area contributed by atoms with Crippen LogP contribution in [0.1, 0.15) is 90.2 Å². The maximum atomic E-state index is 14.7. The Morgan fingerprint density at radius 3 is 2.17 bits per heavy atom. The average Bonchev–Trinajstić information content (AvgIpc) is 3.56. The van der Waals surface area contributed by atoms with Gasteiger partial charge in [0, 0.05) is 53.9 Å². The molecule has 3 aliphatic rings. The van der Waals surface area contributed by atoms with Crippen molar-refractivity contribution in [1.82, 2.24) is 5.23 Å². The Hall–Kier alpha value is -4.92. The highest BCUT2D eigenvalue weighted by Crippen LogP contribution is 2.48. The SMILES string of the molecule is [B]NC(=O)CCCCN1C(=CC=C2CCCC(C=CC3=[N+](CCCCS(=O)(=O)O)c4ccc(S(=O)(=O)O)cc4C3(C)C)=C2Oc2ccc(S(=O)(=O)O)cc2)C(C)(C)c2cc(F)ccc21. The molecule has 0 aromatic heterocycles. The molecule has 0 bridgehead atoms. The van der Waals surface area contributed by atoms with E-state index in [4.69, 9.17) is 12.7 Å². The van der Waals surface area contributed by atoms with Crippen LogP contribution in [0.5, 0.6) is 5.75 Å². The van der Waals surface area contributed by atoms with E-state index in [0.717, 1.165) is 33.8 Å². The van der Waals surface area contributed by atoms with Gasteiger partial charge in [0.15, 0.2) is 5.71 Å². The van der Waals surface area contributed by atoms with Gasteiger partial charge in [0.25, 0.3) is 30.4 Å². The minimum absolute atomic E-state index is 0.161. The highest BCUT2D eigenvalue weighted by Gasteiger charge is 2.45. The van der Waals surface area contributed by atoms with Crippen LogP contribution < -0.4 is 14.9 Å². The van der Waals surface area contributed by atoms with Crippen molar-refractivity contribution in [3.63, 3.8) is 0 Å². The maximum Gasteiger partial charge on any atom is 0.294 e. The van der Waals surface area contributed by atoms with Gasteiger partial charge in [-0.15, -0.1) is 0 Å². The number of hydrogen-bond donors (Lipinski definition) is 4. The van der Waals surface area contributed by atoms with E-state index in [2.05, 4.69) is 10.1 Å². The number of nitrogens with zero attached hydrogens (tertiary/aromatic N) is 2. The molecular formula is C45H52BFN3O11S3+. The van der Waals surface area contributed by atoms with Gasteiger partial charge in [-0.2, -0.15) is 29.8 Å². The summed E-state index contributed by atoms with van der Waals surface area (Å²) in [6.07, 6.45) is 11.6. The van der Waals surface area contributed by atoms with E-state index in [0.29, 0.717) is 74.4 Å². The Labute approximate surface area is 376 Å². The van der Waals surface area contributed by atoms with Crippen LogP contribution >= 0.6 is 0 Å². The smallest absolute Gasteiger partial charge is 0.294 e. The zero-order chi connectivity index (χ0) is 46.8. The molecule has 64 heavy (non-hydrogen) atoms. The lowest BCUT2D eigenvalue weighted by molar-refractivity contribution is -0.438. The third-order valence-electron chi connectivity index (χ3n) is 11.9. The second kappa shape index (κ2) is 18.9. The molecule has 3 aromatic rings. The maximum absolute atomic E-state index is 14.7.